The molecule has 0 saturated heterocycles. The predicted octanol–water partition coefficient (Wildman–Crippen LogP) is 2.49. The molecule has 1 aromatic carbocycles. The second kappa shape index (κ2) is 5.50. The van der Waals surface area contributed by atoms with Gasteiger partial charge in [-0.2, -0.15) is 5.26 Å². The van der Waals surface area contributed by atoms with Crippen LogP contribution in [0.3, 0.4) is 0 Å². The molecule has 1 fully saturated rings. The summed E-state index contributed by atoms with van der Waals surface area (Å²) >= 11 is 0. The first kappa shape index (κ1) is 13.7. The highest BCUT2D eigenvalue weighted by Gasteiger charge is 2.32. The molecule has 1 saturated carbocycles. The van der Waals surface area contributed by atoms with Gasteiger partial charge in [-0.1, -0.05) is 19.8 Å². The Morgan fingerprint density at radius 2 is 2.37 bits per heavy atom. The van der Waals surface area contributed by atoms with Gasteiger partial charge in [0.1, 0.15) is 6.07 Å². The van der Waals surface area contributed by atoms with Crippen LogP contribution in [0.2, 0.25) is 0 Å². The Morgan fingerprint density at radius 3 is 3.05 bits per heavy atom. The van der Waals surface area contributed by atoms with E-state index in [0.717, 1.165) is 24.9 Å². The molecule has 102 valence electrons. The van der Waals surface area contributed by atoms with Crippen LogP contribution in [0, 0.1) is 17.2 Å². The maximum absolute atomic E-state index is 10.5. The highest BCUT2D eigenvalue weighted by molar-refractivity contribution is 5.61. The van der Waals surface area contributed by atoms with Gasteiger partial charge in [-0.05, 0) is 37.0 Å². The Kier molecular flexibility index (Phi) is 3.96. The molecule has 0 heterocycles. The van der Waals surface area contributed by atoms with E-state index in [2.05, 4.69) is 18.3 Å². The fraction of sp³-hybridized carbons (Fsp3) is 0.533. The number of rotatable bonds is 3. The third-order valence-electron chi connectivity index (χ3n) is 3.86. The van der Waals surface area contributed by atoms with Gasteiger partial charge in [0, 0.05) is 17.9 Å². The van der Waals surface area contributed by atoms with Crippen molar-refractivity contribution in [3.63, 3.8) is 0 Å². The van der Waals surface area contributed by atoms with Crippen LogP contribution in [0.25, 0.3) is 0 Å². The number of anilines is 2. The van der Waals surface area contributed by atoms with Crippen molar-refractivity contribution < 1.29 is 5.11 Å². The molecule has 0 spiro atoms. The summed E-state index contributed by atoms with van der Waals surface area (Å²) in [5.74, 6) is 0.571. The van der Waals surface area contributed by atoms with E-state index in [-0.39, 0.29) is 0 Å². The van der Waals surface area contributed by atoms with E-state index in [4.69, 9.17) is 11.0 Å². The van der Waals surface area contributed by atoms with Gasteiger partial charge in [0.25, 0.3) is 0 Å². The maximum Gasteiger partial charge on any atom is 0.101 e. The standard InChI is InChI=1S/C15H21N3O/c1-11-3-2-6-15(19,8-11)10-18-13-4-5-14(17)12(7-13)9-16/h4-5,7,11,18-19H,2-3,6,8,10,17H2,1H3. The SMILES string of the molecule is CC1CCCC(O)(CNc2ccc(N)c(C#N)c2)C1. The van der Waals surface area contributed by atoms with Gasteiger partial charge in [-0.25, -0.2) is 0 Å². The van der Waals surface area contributed by atoms with E-state index in [1.165, 1.54) is 6.42 Å². The molecule has 0 aliphatic heterocycles. The second-order valence-electron chi connectivity index (χ2n) is 5.69. The van der Waals surface area contributed by atoms with Crippen LogP contribution in [-0.4, -0.2) is 17.3 Å². The number of hydrogen-bond donors (Lipinski definition) is 3. The van der Waals surface area contributed by atoms with Gasteiger partial charge < -0.3 is 16.2 Å². The molecule has 0 aromatic heterocycles. The van der Waals surface area contributed by atoms with E-state index in [0.29, 0.717) is 23.7 Å². The van der Waals surface area contributed by atoms with E-state index >= 15 is 0 Å². The molecule has 0 bridgehead atoms. The third-order valence-corrected chi connectivity index (χ3v) is 3.86. The summed E-state index contributed by atoms with van der Waals surface area (Å²) in [7, 11) is 0. The van der Waals surface area contributed by atoms with E-state index in [9.17, 15) is 5.11 Å². The predicted molar refractivity (Wildman–Crippen MR) is 76.6 cm³/mol. The van der Waals surface area contributed by atoms with Crippen molar-refractivity contribution in [3.8, 4) is 6.07 Å². The minimum absolute atomic E-state index is 0.467. The van der Waals surface area contributed by atoms with Crippen LogP contribution in [0.1, 0.15) is 38.2 Å². The Morgan fingerprint density at radius 1 is 1.58 bits per heavy atom. The van der Waals surface area contributed by atoms with Crippen molar-refractivity contribution >= 4 is 11.4 Å². The molecule has 2 atom stereocenters. The molecule has 4 heteroatoms. The van der Waals surface area contributed by atoms with Crippen LogP contribution < -0.4 is 11.1 Å². The number of nitrogens with zero attached hydrogens (tertiary/aromatic N) is 1. The molecule has 1 aliphatic carbocycles. The molecule has 1 aliphatic rings. The van der Waals surface area contributed by atoms with Crippen molar-refractivity contribution in [1.29, 1.82) is 5.26 Å². The molecule has 4 nitrogen and oxygen atoms in total. The summed E-state index contributed by atoms with van der Waals surface area (Å²) in [6.07, 6.45) is 3.94. The first-order chi connectivity index (χ1) is 9.02. The third kappa shape index (κ3) is 3.39. The van der Waals surface area contributed by atoms with Crippen molar-refractivity contribution in [2.75, 3.05) is 17.6 Å². The molecule has 19 heavy (non-hydrogen) atoms. The maximum atomic E-state index is 10.5. The van der Waals surface area contributed by atoms with Gasteiger partial charge in [-0.3, -0.25) is 0 Å². The van der Waals surface area contributed by atoms with Crippen LogP contribution in [0.4, 0.5) is 11.4 Å². The molecular formula is C15H21N3O. The van der Waals surface area contributed by atoms with E-state index < -0.39 is 5.60 Å². The Hall–Kier alpha value is -1.73. The number of benzene rings is 1. The Labute approximate surface area is 114 Å². The Bertz CT molecular complexity index is 495. The number of nitrogens with one attached hydrogen (secondary N) is 1. The lowest BCUT2D eigenvalue weighted by Gasteiger charge is -2.35. The zero-order valence-corrected chi connectivity index (χ0v) is 11.3. The van der Waals surface area contributed by atoms with Crippen molar-refractivity contribution in [2.24, 2.45) is 5.92 Å². The zero-order valence-electron chi connectivity index (χ0n) is 11.3. The van der Waals surface area contributed by atoms with Crippen LogP contribution in [-0.2, 0) is 0 Å². The molecule has 0 radical (unpaired) electrons. The first-order valence-corrected chi connectivity index (χ1v) is 6.78. The number of hydrogen-bond acceptors (Lipinski definition) is 4. The second-order valence-corrected chi connectivity index (χ2v) is 5.69. The molecule has 4 N–H and O–H groups in total. The lowest BCUT2D eigenvalue weighted by atomic mass is 9.79. The lowest BCUT2D eigenvalue weighted by Crippen LogP contribution is -2.41. The number of aliphatic hydroxyl groups is 1. The fourth-order valence-electron chi connectivity index (χ4n) is 2.82. The average Bonchev–Trinajstić information content (AvgIpc) is 2.37. The summed E-state index contributed by atoms with van der Waals surface area (Å²) in [5, 5.41) is 22.7. The zero-order chi connectivity index (χ0) is 13.9. The van der Waals surface area contributed by atoms with Crippen molar-refractivity contribution in [1.82, 2.24) is 0 Å². The largest absolute Gasteiger partial charge is 0.398 e. The topological polar surface area (TPSA) is 82.1 Å². The summed E-state index contributed by atoms with van der Waals surface area (Å²) in [4.78, 5) is 0. The minimum atomic E-state index is -0.633. The molecule has 2 unspecified atom stereocenters. The summed E-state index contributed by atoms with van der Waals surface area (Å²) in [6.45, 7) is 2.70. The van der Waals surface area contributed by atoms with Gasteiger partial charge >= 0.3 is 0 Å². The highest BCUT2D eigenvalue weighted by Crippen LogP contribution is 2.32. The van der Waals surface area contributed by atoms with Crippen molar-refractivity contribution in [2.45, 2.75) is 38.2 Å². The molecule has 2 rings (SSSR count). The normalized spacial score (nSPS) is 26.7. The molecule has 0 amide bonds. The number of nitrogen functional groups attached to an aromatic ring is 1. The van der Waals surface area contributed by atoms with Crippen LogP contribution in [0.15, 0.2) is 18.2 Å². The van der Waals surface area contributed by atoms with Gasteiger partial charge in [0.15, 0.2) is 0 Å². The average molecular weight is 259 g/mol. The summed E-state index contributed by atoms with van der Waals surface area (Å²) in [6, 6.07) is 7.35. The van der Waals surface area contributed by atoms with Crippen LogP contribution >= 0.6 is 0 Å². The molecular weight excluding hydrogens is 238 g/mol. The van der Waals surface area contributed by atoms with Gasteiger partial charge in [0.2, 0.25) is 0 Å². The van der Waals surface area contributed by atoms with Crippen molar-refractivity contribution in [3.05, 3.63) is 23.8 Å². The molecule has 1 aromatic rings. The lowest BCUT2D eigenvalue weighted by molar-refractivity contribution is -0.000760. The Balaban J connectivity index is 2.00. The fourth-order valence-corrected chi connectivity index (χ4v) is 2.82. The van der Waals surface area contributed by atoms with E-state index in [1.807, 2.05) is 6.07 Å². The monoisotopic (exact) mass is 259 g/mol. The van der Waals surface area contributed by atoms with Gasteiger partial charge in [-0.15, -0.1) is 0 Å². The summed E-state index contributed by atoms with van der Waals surface area (Å²) in [5.41, 5.74) is 6.83. The van der Waals surface area contributed by atoms with Gasteiger partial charge in [0.05, 0.1) is 11.2 Å². The number of nitrogens with two attached hydrogens (primary N) is 1. The quantitative estimate of drug-likeness (QED) is 0.728. The smallest absolute Gasteiger partial charge is 0.101 e. The minimum Gasteiger partial charge on any atom is -0.398 e. The highest BCUT2D eigenvalue weighted by atomic mass is 16.3. The summed E-state index contributed by atoms with van der Waals surface area (Å²) < 4.78 is 0. The van der Waals surface area contributed by atoms with E-state index in [1.54, 1.807) is 12.1 Å². The first-order valence-electron chi connectivity index (χ1n) is 6.78. The number of nitriles is 1. The van der Waals surface area contributed by atoms with Crippen LogP contribution in [0.5, 0.6) is 0 Å².